The van der Waals surface area contributed by atoms with E-state index < -0.39 is 12.0 Å². The number of hydrogen-bond acceptors (Lipinski definition) is 4. The van der Waals surface area contributed by atoms with Crippen LogP contribution in [0.3, 0.4) is 0 Å². The van der Waals surface area contributed by atoms with Gasteiger partial charge in [-0.15, -0.1) is 0 Å². The van der Waals surface area contributed by atoms with Crippen LogP contribution in [0.4, 0.5) is 4.79 Å². The number of carbonyl (C=O) groups excluding carboxylic acids is 1. The normalized spacial score (nSPS) is 11.5. The van der Waals surface area contributed by atoms with Gasteiger partial charge in [0.1, 0.15) is 17.5 Å². The van der Waals surface area contributed by atoms with Crippen LogP contribution in [-0.4, -0.2) is 55.9 Å². The summed E-state index contributed by atoms with van der Waals surface area (Å²) in [5.74, 6) is 0.317. The molecule has 2 aromatic rings. The second kappa shape index (κ2) is 12.6. The number of carboxylic acids is 1. The number of unbranched alkanes of at least 4 members (excludes halogenated alkanes) is 3. The average Bonchev–Trinajstić information content (AvgIpc) is 2.81. The average molecular weight is 443 g/mol. The molecule has 0 aliphatic carbocycles. The molecule has 174 valence electrons. The largest absolute Gasteiger partial charge is 0.496 e. The van der Waals surface area contributed by atoms with Gasteiger partial charge in [-0.05, 0) is 29.7 Å². The highest BCUT2D eigenvalue weighted by atomic mass is 16.5. The molecule has 0 saturated carbocycles. The van der Waals surface area contributed by atoms with Crippen LogP contribution in [0.15, 0.2) is 42.5 Å². The molecule has 32 heavy (non-hydrogen) atoms. The number of ether oxygens (including phenoxy) is 2. The van der Waals surface area contributed by atoms with Crippen LogP contribution in [0.5, 0.6) is 11.5 Å². The summed E-state index contributed by atoms with van der Waals surface area (Å²) in [6.07, 6.45) is 4.40. The molecule has 2 rings (SSSR count). The van der Waals surface area contributed by atoms with Gasteiger partial charge in [0.2, 0.25) is 0 Å². The lowest BCUT2D eigenvalue weighted by Gasteiger charge is -2.21. The number of urea groups is 1. The fourth-order valence-corrected chi connectivity index (χ4v) is 3.52. The number of aliphatic carboxylic acids is 1. The molecule has 7 nitrogen and oxygen atoms in total. The van der Waals surface area contributed by atoms with Crippen LogP contribution in [-0.2, 0) is 11.2 Å². The van der Waals surface area contributed by atoms with Gasteiger partial charge < -0.3 is 24.8 Å². The van der Waals surface area contributed by atoms with Crippen LogP contribution >= 0.6 is 0 Å². The summed E-state index contributed by atoms with van der Waals surface area (Å²) in [7, 11) is 4.90. The number of nitrogens with zero attached hydrogens (tertiary/aromatic N) is 1. The summed E-state index contributed by atoms with van der Waals surface area (Å²) in [6.45, 7) is 2.74. The van der Waals surface area contributed by atoms with E-state index in [9.17, 15) is 14.7 Å². The Bertz CT molecular complexity index is 860. The lowest BCUT2D eigenvalue weighted by Crippen LogP contribution is -2.47. The molecule has 2 aromatic carbocycles. The number of methoxy groups -OCH3 is 2. The maximum absolute atomic E-state index is 12.4. The Balaban J connectivity index is 2.07. The molecule has 0 bridgehead atoms. The molecule has 2 amide bonds. The number of hydrogen-bond donors (Lipinski definition) is 2. The van der Waals surface area contributed by atoms with Crippen molar-refractivity contribution in [2.75, 3.05) is 27.8 Å². The van der Waals surface area contributed by atoms with E-state index in [2.05, 4.69) is 12.2 Å². The molecule has 0 saturated heterocycles. The molecule has 0 heterocycles. The van der Waals surface area contributed by atoms with E-state index in [1.807, 2.05) is 42.5 Å². The zero-order valence-electron chi connectivity index (χ0n) is 19.4. The lowest BCUT2D eigenvalue weighted by atomic mass is 9.99. The zero-order valence-corrected chi connectivity index (χ0v) is 19.4. The van der Waals surface area contributed by atoms with Gasteiger partial charge in [0.05, 0.1) is 19.8 Å². The molecule has 0 aliphatic heterocycles. The first-order chi connectivity index (χ1) is 15.4. The summed E-state index contributed by atoms with van der Waals surface area (Å²) in [4.78, 5) is 25.7. The van der Waals surface area contributed by atoms with Crippen molar-refractivity contribution in [1.82, 2.24) is 10.2 Å². The maximum atomic E-state index is 12.4. The second-order valence-electron chi connectivity index (χ2n) is 7.76. The minimum absolute atomic E-state index is 0.189. The summed E-state index contributed by atoms with van der Waals surface area (Å²) >= 11 is 0. The van der Waals surface area contributed by atoms with Gasteiger partial charge in [0.15, 0.2) is 0 Å². The first kappa shape index (κ1) is 25.0. The van der Waals surface area contributed by atoms with Crippen molar-refractivity contribution in [1.29, 1.82) is 0 Å². The Morgan fingerprint density at radius 1 is 1.00 bits per heavy atom. The van der Waals surface area contributed by atoms with Crippen LogP contribution < -0.4 is 14.8 Å². The van der Waals surface area contributed by atoms with Gasteiger partial charge in [-0.3, -0.25) is 0 Å². The standard InChI is InChI=1S/C25H34N2O5/c1-5-6-7-8-16-27(2)25(30)26-20(24(28)29)17-18-12-14-19(15-13-18)23-21(31-3)10-9-11-22(23)32-4/h9-15,20H,5-8,16-17H2,1-4H3,(H,26,30)(H,28,29)/t20-/m0/s1. The molecule has 0 radical (unpaired) electrons. The van der Waals surface area contributed by atoms with Gasteiger partial charge in [-0.25, -0.2) is 9.59 Å². The van der Waals surface area contributed by atoms with Gasteiger partial charge in [-0.1, -0.05) is 56.5 Å². The van der Waals surface area contributed by atoms with E-state index in [1.54, 1.807) is 26.2 Å². The topological polar surface area (TPSA) is 88.1 Å². The van der Waals surface area contributed by atoms with Crippen molar-refractivity contribution in [2.24, 2.45) is 0 Å². The van der Waals surface area contributed by atoms with E-state index in [1.165, 1.54) is 0 Å². The first-order valence-corrected chi connectivity index (χ1v) is 11.0. The number of nitrogens with one attached hydrogen (secondary N) is 1. The Morgan fingerprint density at radius 3 is 2.16 bits per heavy atom. The third-order valence-electron chi connectivity index (χ3n) is 5.40. The lowest BCUT2D eigenvalue weighted by molar-refractivity contribution is -0.139. The molecule has 1 atom stereocenters. The van der Waals surface area contributed by atoms with Gasteiger partial charge in [0, 0.05) is 20.0 Å². The highest BCUT2D eigenvalue weighted by Gasteiger charge is 2.22. The van der Waals surface area contributed by atoms with Crippen molar-refractivity contribution >= 4 is 12.0 Å². The minimum Gasteiger partial charge on any atom is -0.496 e. The minimum atomic E-state index is -1.06. The number of rotatable bonds is 12. The third kappa shape index (κ3) is 6.90. The second-order valence-corrected chi connectivity index (χ2v) is 7.76. The van der Waals surface area contributed by atoms with E-state index in [4.69, 9.17) is 9.47 Å². The monoisotopic (exact) mass is 442 g/mol. The molecule has 0 fully saturated rings. The fourth-order valence-electron chi connectivity index (χ4n) is 3.52. The fraction of sp³-hybridized carbons (Fsp3) is 0.440. The molecule has 0 unspecified atom stereocenters. The van der Waals surface area contributed by atoms with Crippen LogP contribution in [0.25, 0.3) is 11.1 Å². The quantitative estimate of drug-likeness (QED) is 0.470. The van der Waals surface area contributed by atoms with Crippen molar-refractivity contribution in [2.45, 2.75) is 45.1 Å². The predicted octanol–water partition coefficient (Wildman–Crippen LogP) is 4.59. The van der Waals surface area contributed by atoms with Gasteiger partial charge in [0.25, 0.3) is 0 Å². The van der Waals surface area contributed by atoms with Crippen LogP contribution in [0, 0.1) is 0 Å². The van der Waals surface area contributed by atoms with Crippen LogP contribution in [0.2, 0.25) is 0 Å². The SMILES string of the molecule is CCCCCCN(C)C(=O)N[C@@H](Cc1ccc(-c2c(OC)cccc2OC)cc1)C(=O)O. The molecular formula is C25H34N2O5. The number of benzene rings is 2. The number of amides is 2. The first-order valence-electron chi connectivity index (χ1n) is 11.0. The van der Waals surface area contributed by atoms with E-state index in [-0.39, 0.29) is 12.5 Å². The third-order valence-corrected chi connectivity index (χ3v) is 5.40. The summed E-state index contributed by atoms with van der Waals surface area (Å²) in [5.41, 5.74) is 2.53. The highest BCUT2D eigenvalue weighted by molar-refractivity contribution is 5.83. The van der Waals surface area contributed by atoms with E-state index in [0.717, 1.165) is 42.4 Å². The molecular weight excluding hydrogens is 408 g/mol. The molecule has 7 heteroatoms. The Morgan fingerprint density at radius 2 is 1.62 bits per heavy atom. The van der Waals surface area contributed by atoms with Crippen molar-refractivity contribution in [3.05, 3.63) is 48.0 Å². The van der Waals surface area contributed by atoms with Gasteiger partial charge in [-0.2, -0.15) is 0 Å². The molecule has 0 aromatic heterocycles. The summed E-state index contributed by atoms with van der Waals surface area (Å²) < 4.78 is 10.9. The molecule has 2 N–H and O–H groups in total. The Kier molecular flexibility index (Phi) is 9.85. The zero-order chi connectivity index (χ0) is 23.5. The maximum Gasteiger partial charge on any atom is 0.326 e. The smallest absolute Gasteiger partial charge is 0.326 e. The van der Waals surface area contributed by atoms with Crippen molar-refractivity contribution in [3.8, 4) is 22.6 Å². The highest BCUT2D eigenvalue weighted by Crippen LogP contribution is 2.38. The van der Waals surface area contributed by atoms with E-state index in [0.29, 0.717) is 18.0 Å². The number of carbonyl (C=O) groups is 2. The van der Waals surface area contributed by atoms with Crippen molar-refractivity contribution < 1.29 is 24.2 Å². The van der Waals surface area contributed by atoms with Crippen LogP contribution in [0.1, 0.15) is 38.2 Å². The van der Waals surface area contributed by atoms with Gasteiger partial charge >= 0.3 is 12.0 Å². The predicted molar refractivity (Wildman–Crippen MR) is 125 cm³/mol. The summed E-state index contributed by atoms with van der Waals surface area (Å²) in [6, 6.07) is 11.7. The Hall–Kier alpha value is -3.22. The molecule has 0 aliphatic rings. The summed E-state index contributed by atoms with van der Waals surface area (Å²) in [5, 5.41) is 12.3. The van der Waals surface area contributed by atoms with Crippen molar-refractivity contribution in [3.63, 3.8) is 0 Å². The van der Waals surface area contributed by atoms with E-state index >= 15 is 0 Å². The Labute approximate surface area is 190 Å². The number of carboxylic acid groups (broad SMARTS) is 1. The molecule has 0 spiro atoms.